The lowest BCUT2D eigenvalue weighted by Crippen LogP contribution is -2.35. The number of carboxylic acid groups (broad SMARTS) is 1. The maximum absolute atomic E-state index is 13.3. The second-order valence-electron chi connectivity index (χ2n) is 12.0. The van der Waals surface area contributed by atoms with Crippen LogP contribution in [0, 0.1) is 0 Å². The summed E-state index contributed by atoms with van der Waals surface area (Å²) in [6.45, 7) is 9.73. The number of aliphatic carboxylic acids is 1. The van der Waals surface area contributed by atoms with Crippen LogP contribution in [0.1, 0.15) is 118 Å². The highest BCUT2D eigenvalue weighted by Gasteiger charge is 2.20. The minimum atomic E-state index is -1.15. The SMILES string of the molecule is C.CC.CC.CCCCCCCCc1ccc(C(=O)Oc2ccc(CN(CC(=O)O)C(=O)c3ccc(NC(=O)Cc4ccc(OC)cc4)cc3)cc2)cc1.CO. The number of unbranched alkanes of at least 4 members (excludes halogenated alkanes) is 5. The van der Waals surface area contributed by atoms with Crippen LogP contribution in [-0.4, -0.2) is 59.6 Å². The van der Waals surface area contributed by atoms with Crippen molar-refractivity contribution in [2.75, 3.05) is 26.1 Å². The second-order valence-corrected chi connectivity index (χ2v) is 12.0. The third kappa shape index (κ3) is 18.7. The van der Waals surface area contributed by atoms with E-state index in [0.29, 0.717) is 28.3 Å². The minimum absolute atomic E-state index is 0. The van der Waals surface area contributed by atoms with E-state index in [9.17, 15) is 24.3 Å². The van der Waals surface area contributed by atoms with Gasteiger partial charge < -0.3 is 29.9 Å². The Morgan fingerprint density at radius 3 is 1.70 bits per heavy atom. The van der Waals surface area contributed by atoms with Gasteiger partial charge in [-0.1, -0.05) is 111 Å². The number of anilines is 1. The first-order valence-electron chi connectivity index (χ1n) is 19.1. The molecule has 306 valence electrons. The summed E-state index contributed by atoms with van der Waals surface area (Å²) >= 11 is 0. The molecule has 4 aromatic rings. The number of amides is 2. The fraction of sp³-hybridized carbons (Fsp3) is 0.391. The van der Waals surface area contributed by atoms with Crippen molar-refractivity contribution >= 4 is 29.4 Å². The van der Waals surface area contributed by atoms with Crippen LogP contribution >= 0.6 is 0 Å². The molecule has 3 N–H and O–H groups in total. The van der Waals surface area contributed by atoms with E-state index < -0.39 is 24.4 Å². The molecule has 0 unspecified atom stereocenters. The third-order valence-corrected chi connectivity index (χ3v) is 8.07. The lowest BCUT2D eigenvalue weighted by molar-refractivity contribution is -0.137. The maximum atomic E-state index is 13.3. The molecule has 4 aromatic carbocycles. The summed E-state index contributed by atoms with van der Waals surface area (Å²) in [4.78, 5) is 51.4. The number of hydrogen-bond donors (Lipinski definition) is 3. The molecule has 2 amide bonds. The summed E-state index contributed by atoms with van der Waals surface area (Å²) < 4.78 is 10.7. The highest BCUT2D eigenvalue weighted by Crippen LogP contribution is 2.19. The molecular weight excluding hydrogens is 709 g/mol. The fourth-order valence-corrected chi connectivity index (χ4v) is 5.34. The van der Waals surface area contributed by atoms with E-state index in [1.807, 2.05) is 52.0 Å². The van der Waals surface area contributed by atoms with Gasteiger partial charge in [0.25, 0.3) is 5.91 Å². The van der Waals surface area contributed by atoms with E-state index >= 15 is 0 Å². The molecule has 0 heterocycles. The van der Waals surface area contributed by atoms with Crippen LogP contribution in [0.15, 0.2) is 97.1 Å². The standard InChI is InChI=1S/C40H44N2O7.2C2H6.CH4O.CH4/c1-3-4-5-6-7-8-9-29-10-16-33(17-11-29)40(47)49-36-24-14-31(15-25-36)27-42(28-38(44)45)39(46)32-18-20-34(21-19-32)41-37(43)26-30-12-22-35(48-2)23-13-30;3*1-2;/h10-25H,3-9,26-28H2,1-2H3,(H,41,43)(H,44,45);2*1-2H3;2H,1H3;1H4. The van der Waals surface area contributed by atoms with E-state index in [2.05, 4.69) is 12.2 Å². The first-order chi connectivity index (χ1) is 26.7. The monoisotopic (exact) mass is 772 g/mol. The van der Waals surface area contributed by atoms with Crippen molar-refractivity contribution in [3.05, 3.63) is 125 Å². The Labute approximate surface area is 334 Å². The molecule has 0 fully saturated rings. The fourth-order valence-electron chi connectivity index (χ4n) is 5.34. The quantitative estimate of drug-likeness (QED) is 0.0515. The largest absolute Gasteiger partial charge is 0.497 e. The summed E-state index contributed by atoms with van der Waals surface area (Å²) in [6, 6.07) is 27.6. The molecule has 10 heteroatoms. The Morgan fingerprint density at radius 1 is 0.643 bits per heavy atom. The Bertz CT molecular complexity index is 1670. The topological polar surface area (TPSA) is 142 Å². The van der Waals surface area contributed by atoms with Crippen LogP contribution in [0.4, 0.5) is 5.69 Å². The number of nitrogens with zero attached hydrogens (tertiary/aromatic N) is 1. The number of hydrogen-bond acceptors (Lipinski definition) is 7. The lowest BCUT2D eigenvalue weighted by atomic mass is 10.0. The number of carbonyl (C=O) groups is 4. The van der Waals surface area contributed by atoms with Gasteiger partial charge in [0, 0.05) is 24.9 Å². The van der Waals surface area contributed by atoms with Gasteiger partial charge in [0.2, 0.25) is 5.91 Å². The molecule has 0 saturated heterocycles. The van der Waals surface area contributed by atoms with Gasteiger partial charge in [-0.2, -0.15) is 0 Å². The van der Waals surface area contributed by atoms with E-state index in [1.54, 1.807) is 79.9 Å². The Balaban J connectivity index is 0.00000412. The molecule has 4 rings (SSSR count). The summed E-state index contributed by atoms with van der Waals surface area (Å²) in [5.74, 6) is -1.28. The van der Waals surface area contributed by atoms with Crippen LogP contribution in [-0.2, 0) is 29.0 Å². The number of nitrogens with one attached hydrogen (secondary N) is 1. The molecule has 0 atom stereocenters. The number of rotatable bonds is 18. The molecule has 56 heavy (non-hydrogen) atoms. The molecule has 0 bridgehead atoms. The zero-order valence-corrected chi connectivity index (χ0v) is 33.6. The first-order valence-corrected chi connectivity index (χ1v) is 19.1. The van der Waals surface area contributed by atoms with Crippen LogP contribution in [0.25, 0.3) is 0 Å². The summed E-state index contributed by atoms with van der Waals surface area (Å²) in [5, 5.41) is 19.3. The van der Waals surface area contributed by atoms with Crippen molar-refractivity contribution < 1.29 is 38.9 Å². The number of carboxylic acids is 1. The van der Waals surface area contributed by atoms with Gasteiger partial charge in [-0.15, -0.1) is 0 Å². The number of aliphatic hydroxyl groups is 1. The maximum Gasteiger partial charge on any atom is 0.343 e. The van der Waals surface area contributed by atoms with Gasteiger partial charge in [-0.05, 0) is 90.2 Å². The number of carbonyl (C=O) groups excluding carboxylic acids is 3. The molecule has 0 aromatic heterocycles. The Hall–Kier alpha value is -5.48. The van der Waals surface area contributed by atoms with Crippen LogP contribution in [0.3, 0.4) is 0 Å². The summed E-state index contributed by atoms with van der Waals surface area (Å²) in [7, 11) is 2.58. The molecule has 0 radical (unpaired) electrons. The van der Waals surface area contributed by atoms with Gasteiger partial charge in [-0.3, -0.25) is 14.4 Å². The predicted octanol–water partition coefficient (Wildman–Crippen LogP) is 10.0. The highest BCUT2D eigenvalue weighted by molar-refractivity contribution is 5.97. The molecule has 10 nitrogen and oxygen atoms in total. The Morgan fingerprint density at radius 2 is 1.14 bits per heavy atom. The summed E-state index contributed by atoms with van der Waals surface area (Å²) in [5.41, 5.74) is 3.92. The average molecular weight is 773 g/mol. The van der Waals surface area contributed by atoms with Gasteiger partial charge in [0.1, 0.15) is 18.0 Å². The first kappa shape index (κ1) is 50.5. The number of methoxy groups -OCH3 is 1. The van der Waals surface area contributed by atoms with Crippen molar-refractivity contribution in [3.63, 3.8) is 0 Å². The third-order valence-electron chi connectivity index (χ3n) is 8.07. The van der Waals surface area contributed by atoms with Gasteiger partial charge in [0.05, 0.1) is 19.1 Å². The van der Waals surface area contributed by atoms with E-state index in [0.717, 1.165) is 25.5 Å². The number of benzene rings is 4. The highest BCUT2D eigenvalue weighted by atomic mass is 16.5. The van der Waals surface area contributed by atoms with Crippen molar-refractivity contribution in [2.45, 2.75) is 100.0 Å². The van der Waals surface area contributed by atoms with E-state index in [1.165, 1.54) is 42.6 Å². The van der Waals surface area contributed by atoms with Crippen LogP contribution in [0.5, 0.6) is 11.5 Å². The molecule has 0 aliphatic rings. The molecule has 0 spiro atoms. The van der Waals surface area contributed by atoms with E-state index in [-0.39, 0.29) is 31.9 Å². The number of esters is 1. The van der Waals surface area contributed by atoms with Gasteiger partial charge >= 0.3 is 11.9 Å². The zero-order chi connectivity index (χ0) is 41.0. The molecule has 0 saturated carbocycles. The normalized spacial score (nSPS) is 9.64. The van der Waals surface area contributed by atoms with Crippen molar-refractivity contribution in [2.24, 2.45) is 0 Å². The zero-order valence-electron chi connectivity index (χ0n) is 33.6. The molecule has 0 aliphatic carbocycles. The van der Waals surface area contributed by atoms with E-state index in [4.69, 9.17) is 14.6 Å². The van der Waals surface area contributed by atoms with Crippen molar-refractivity contribution in [1.29, 1.82) is 0 Å². The van der Waals surface area contributed by atoms with Crippen LogP contribution in [0.2, 0.25) is 0 Å². The van der Waals surface area contributed by atoms with Crippen molar-refractivity contribution in [3.8, 4) is 11.5 Å². The average Bonchev–Trinajstić information content (AvgIpc) is 3.22. The number of aryl methyl sites for hydroxylation is 1. The number of ether oxygens (including phenoxy) is 2. The smallest absolute Gasteiger partial charge is 0.343 e. The predicted molar refractivity (Wildman–Crippen MR) is 227 cm³/mol. The lowest BCUT2D eigenvalue weighted by Gasteiger charge is -2.21. The molecular formula is C46H64N2O8. The summed E-state index contributed by atoms with van der Waals surface area (Å²) in [6.07, 6.45) is 8.57. The van der Waals surface area contributed by atoms with Gasteiger partial charge in [0.15, 0.2) is 0 Å². The van der Waals surface area contributed by atoms with Crippen molar-refractivity contribution in [1.82, 2.24) is 4.90 Å². The second kappa shape index (κ2) is 29.8. The number of aliphatic hydroxyl groups excluding tert-OH is 1. The minimum Gasteiger partial charge on any atom is -0.497 e. The van der Waals surface area contributed by atoms with Gasteiger partial charge in [-0.25, -0.2) is 4.79 Å². The Kier molecular flexibility index (Phi) is 26.9. The molecule has 0 aliphatic heterocycles. The van der Waals surface area contributed by atoms with Crippen LogP contribution < -0.4 is 14.8 Å².